The minimum absolute atomic E-state index is 0.219. The Morgan fingerprint density at radius 2 is 1.43 bits per heavy atom. The van der Waals surface area contributed by atoms with E-state index in [0.717, 1.165) is 16.7 Å². The summed E-state index contributed by atoms with van der Waals surface area (Å²) in [6, 6.07) is 3.84. The number of hydrogen-bond donors (Lipinski definition) is 1. The maximum atomic E-state index is 12.2. The second-order valence-electron chi connectivity index (χ2n) is 8.43. The quantitative estimate of drug-likeness (QED) is 0.810. The van der Waals surface area contributed by atoms with E-state index in [1.165, 1.54) is 0 Å². The molecule has 0 aliphatic heterocycles. The number of hydrogen-bond acceptors (Lipinski definition) is 3. The number of rotatable bonds is 3. The summed E-state index contributed by atoms with van der Waals surface area (Å²) >= 11 is 0. The Morgan fingerprint density at radius 1 is 1.04 bits per heavy atom. The monoisotopic (exact) mass is 319 g/mol. The van der Waals surface area contributed by atoms with Gasteiger partial charge >= 0.3 is 5.97 Å². The van der Waals surface area contributed by atoms with Crippen LogP contribution in [0.1, 0.15) is 78.0 Å². The van der Waals surface area contributed by atoms with E-state index in [0.29, 0.717) is 5.75 Å². The summed E-state index contributed by atoms with van der Waals surface area (Å²) in [4.78, 5) is 12.2. The molecule has 0 bridgehead atoms. The van der Waals surface area contributed by atoms with Gasteiger partial charge in [-0.25, -0.2) is 0 Å². The van der Waals surface area contributed by atoms with Crippen molar-refractivity contribution in [2.45, 2.75) is 78.2 Å². The van der Waals surface area contributed by atoms with Crippen molar-refractivity contribution < 1.29 is 14.6 Å². The fraction of sp³-hybridized carbons (Fsp3) is 0.600. The van der Waals surface area contributed by atoms with E-state index >= 15 is 0 Å². The maximum Gasteiger partial charge on any atom is 0.313 e. The molecule has 0 spiro atoms. The average molecular weight is 319 g/mol. The number of phenolic OH excluding ortho intramolecular Hbond substituents is 1. The predicted molar refractivity (Wildman–Crippen MR) is 94.8 cm³/mol. The first-order valence-electron chi connectivity index (χ1n) is 8.16. The first-order chi connectivity index (χ1) is 10.2. The largest absolute Gasteiger partial charge is 0.507 e. The molecule has 0 amide bonds. The third-order valence-electron chi connectivity index (χ3n) is 3.92. The molecular weight excluding hydrogens is 288 g/mol. The van der Waals surface area contributed by atoms with E-state index in [2.05, 4.69) is 48.5 Å². The SMILES string of the molecule is [CH2]C(C)OC(=O)C(C)c1cc(C(C)(C)C)c(O)c(C(C)(C)C)c1. The smallest absolute Gasteiger partial charge is 0.313 e. The van der Waals surface area contributed by atoms with Crippen molar-refractivity contribution in [1.82, 2.24) is 0 Å². The molecule has 1 aromatic rings. The van der Waals surface area contributed by atoms with Gasteiger partial charge in [0.1, 0.15) is 5.75 Å². The van der Waals surface area contributed by atoms with Crippen molar-refractivity contribution in [1.29, 1.82) is 0 Å². The molecule has 0 saturated heterocycles. The molecule has 1 N–H and O–H groups in total. The van der Waals surface area contributed by atoms with Gasteiger partial charge in [0.2, 0.25) is 0 Å². The molecule has 0 saturated carbocycles. The van der Waals surface area contributed by atoms with Crippen LogP contribution in [0.5, 0.6) is 5.75 Å². The summed E-state index contributed by atoms with van der Waals surface area (Å²) in [7, 11) is 0. The van der Waals surface area contributed by atoms with Crippen molar-refractivity contribution in [2.24, 2.45) is 0 Å². The molecule has 2 unspecified atom stereocenters. The van der Waals surface area contributed by atoms with Crippen molar-refractivity contribution in [3.63, 3.8) is 0 Å². The molecule has 2 atom stereocenters. The molecule has 0 aliphatic rings. The summed E-state index contributed by atoms with van der Waals surface area (Å²) in [5.74, 6) is -0.375. The van der Waals surface area contributed by atoms with E-state index in [9.17, 15) is 9.90 Å². The second-order valence-corrected chi connectivity index (χ2v) is 8.43. The third-order valence-corrected chi connectivity index (χ3v) is 3.92. The molecule has 3 heteroatoms. The molecule has 0 heterocycles. The Labute approximate surface area is 141 Å². The van der Waals surface area contributed by atoms with Crippen LogP contribution in [0.25, 0.3) is 0 Å². The van der Waals surface area contributed by atoms with Gasteiger partial charge in [0.25, 0.3) is 0 Å². The lowest BCUT2D eigenvalue weighted by molar-refractivity contribution is -0.147. The van der Waals surface area contributed by atoms with Crippen LogP contribution in [0.2, 0.25) is 0 Å². The van der Waals surface area contributed by atoms with Crippen LogP contribution < -0.4 is 0 Å². The van der Waals surface area contributed by atoms with Crippen LogP contribution in [0.3, 0.4) is 0 Å². The Hall–Kier alpha value is -1.51. The first kappa shape index (κ1) is 19.5. The fourth-order valence-corrected chi connectivity index (χ4v) is 2.49. The first-order valence-corrected chi connectivity index (χ1v) is 8.16. The number of carbonyl (C=O) groups excluding carboxylic acids is 1. The Kier molecular flexibility index (Phi) is 5.56. The topological polar surface area (TPSA) is 46.5 Å². The molecule has 1 radical (unpaired) electrons. The zero-order chi connectivity index (χ0) is 18.2. The van der Waals surface area contributed by atoms with Crippen LogP contribution >= 0.6 is 0 Å². The zero-order valence-electron chi connectivity index (χ0n) is 15.8. The highest BCUT2D eigenvalue weighted by molar-refractivity contribution is 5.78. The van der Waals surface area contributed by atoms with Gasteiger partial charge < -0.3 is 9.84 Å². The van der Waals surface area contributed by atoms with Crippen molar-refractivity contribution in [2.75, 3.05) is 0 Å². The standard InChI is InChI=1S/C20H31O3/c1-12(2)23-18(22)13(3)14-10-15(19(4,5)6)17(21)16(11-14)20(7,8)9/h10-13,21H,1H2,2-9H3. The van der Waals surface area contributed by atoms with E-state index in [4.69, 9.17) is 4.74 Å². The van der Waals surface area contributed by atoms with Gasteiger partial charge in [-0.05, 0) is 48.3 Å². The summed E-state index contributed by atoms with van der Waals surface area (Å²) in [6.45, 7) is 19.6. The average Bonchev–Trinajstić information content (AvgIpc) is 2.34. The normalized spacial score (nSPS) is 14.0. The molecule has 0 aromatic heterocycles. The van der Waals surface area contributed by atoms with E-state index < -0.39 is 5.92 Å². The van der Waals surface area contributed by atoms with Gasteiger partial charge in [-0.3, -0.25) is 4.79 Å². The highest BCUT2D eigenvalue weighted by Crippen LogP contribution is 2.41. The number of benzene rings is 1. The lowest BCUT2D eigenvalue weighted by atomic mass is 9.77. The van der Waals surface area contributed by atoms with Gasteiger partial charge in [0, 0.05) is 0 Å². The number of carbonyl (C=O) groups is 1. The van der Waals surface area contributed by atoms with Crippen LogP contribution in [-0.2, 0) is 20.4 Å². The van der Waals surface area contributed by atoms with E-state index in [1.807, 2.05) is 19.1 Å². The predicted octanol–water partition coefficient (Wildman–Crippen LogP) is 4.86. The number of phenols is 1. The van der Waals surface area contributed by atoms with Crippen LogP contribution in [-0.4, -0.2) is 17.2 Å². The minimum Gasteiger partial charge on any atom is -0.507 e. The second kappa shape index (κ2) is 6.54. The summed E-state index contributed by atoms with van der Waals surface area (Å²) in [5.41, 5.74) is 2.12. The van der Waals surface area contributed by atoms with Crippen molar-refractivity contribution in [3.8, 4) is 5.75 Å². The van der Waals surface area contributed by atoms with Gasteiger partial charge in [-0.1, -0.05) is 53.7 Å². The van der Waals surface area contributed by atoms with Gasteiger partial charge in [-0.2, -0.15) is 0 Å². The molecule has 3 nitrogen and oxygen atoms in total. The van der Waals surface area contributed by atoms with Gasteiger partial charge in [0.05, 0.1) is 12.0 Å². The number of esters is 1. The van der Waals surface area contributed by atoms with E-state index in [1.54, 1.807) is 6.92 Å². The summed E-state index contributed by atoms with van der Waals surface area (Å²) in [5, 5.41) is 10.7. The van der Waals surface area contributed by atoms with Crippen LogP contribution in [0.15, 0.2) is 12.1 Å². The number of aromatic hydroxyl groups is 1. The molecule has 23 heavy (non-hydrogen) atoms. The Morgan fingerprint density at radius 3 is 1.74 bits per heavy atom. The molecule has 1 aromatic carbocycles. The summed E-state index contributed by atoms with van der Waals surface area (Å²) in [6.07, 6.45) is -0.383. The lowest BCUT2D eigenvalue weighted by Gasteiger charge is -2.29. The molecule has 0 fully saturated rings. The third kappa shape index (κ3) is 4.73. The zero-order valence-corrected chi connectivity index (χ0v) is 15.8. The number of ether oxygens (including phenoxy) is 1. The Bertz CT molecular complexity index is 537. The maximum absolute atomic E-state index is 12.2. The highest BCUT2D eigenvalue weighted by Gasteiger charge is 2.29. The lowest BCUT2D eigenvalue weighted by Crippen LogP contribution is -2.21. The molecular formula is C20H31O3. The van der Waals surface area contributed by atoms with Gasteiger partial charge in [0.15, 0.2) is 0 Å². The molecule has 0 aliphatic carbocycles. The van der Waals surface area contributed by atoms with E-state index in [-0.39, 0.29) is 22.9 Å². The van der Waals surface area contributed by atoms with Crippen molar-refractivity contribution in [3.05, 3.63) is 35.7 Å². The van der Waals surface area contributed by atoms with Crippen molar-refractivity contribution >= 4 is 5.97 Å². The fourth-order valence-electron chi connectivity index (χ4n) is 2.49. The van der Waals surface area contributed by atoms with Crippen LogP contribution in [0.4, 0.5) is 0 Å². The minimum atomic E-state index is -0.401. The van der Waals surface area contributed by atoms with Crippen LogP contribution in [0, 0.1) is 6.92 Å². The van der Waals surface area contributed by atoms with Gasteiger partial charge in [-0.15, -0.1) is 0 Å². The molecule has 1 rings (SSSR count). The Balaban J connectivity index is 3.47. The summed E-state index contributed by atoms with van der Waals surface area (Å²) < 4.78 is 5.24. The molecule has 129 valence electrons. The highest BCUT2D eigenvalue weighted by atomic mass is 16.5.